The van der Waals surface area contributed by atoms with E-state index in [-0.39, 0.29) is 35.4 Å². The molecule has 1 unspecified atom stereocenters. The summed E-state index contributed by atoms with van der Waals surface area (Å²) in [6, 6.07) is 2.67. The molecule has 1 N–H and O–H groups in total. The van der Waals surface area contributed by atoms with Crippen molar-refractivity contribution >= 4 is 35.2 Å². The number of rotatable bonds is 8. The van der Waals surface area contributed by atoms with Gasteiger partial charge in [0.15, 0.2) is 0 Å². The third kappa shape index (κ3) is 5.67. The lowest BCUT2D eigenvalue weighted by atomic mass is 9.76. The Labute approximate surface area is 232 Å². The van der Waals surface area contributed by atoms with Gasteiger partial charge in [0, 0.05) is 38.5 Å². The number of amides is 3. The van der Waals surface area contributed by atoms with E-state index in [0.717, 1.165) is 24.1 Å². The van der Waals surface area contributed by atoms with Crippen LogP contribution in [0.3, 0.4) is 0 Å². The molecule has 0 aromatic heterocycles. The van der Waals surface area contributed by atoms with E-state index < -0.39 is 11.5 Å². The van der Waals surface area contributed by atoms with Crippen molar-refractivity contribution in [1.82, 2.24) is 9.80 Å². The summed E-state index contributed by atoms with van der Waals surface area (Å²) in [7, 11) is 1.66. The average Bonchev–Trinajstić information content (AvgIpc) is 3.00. The van der Waals surface area contributed by atoms with Crippen LogP contribution in [0.15, 0.2) is 12.1 Å². The first-order chi connectivity index (χ1) is 17.6. The maximum atomic E-state index is 14.3. The Hall–Kier alpha value is -2.32. The van der Waals surface area contributed by atoms with Gasteiger partial charge >= 0.3 is 6.09 Å². The number of methoxy groups -OCH3 is 1. The lowest BCUT2D eigenvalue weighted by molar-refractivity contribution is -0.122. The summed E-state index contributed by atoms with van der Waals surface area (Å²) in [6.45, 7) is 15.3. The maximum absolute atomic E-state index is 14.3. The first kappa shape index (κ1) is 30.2. The van der Waals surface area contributed by atoms with E-state index in [1.165, 1.54) is 4.90 Å². The molecule has 2 heterocycles. The molecule has 2 aliphatic heterocycles. The number of ether oxygens (including phenoxy) is 1. The Morgan fingerprint density at radius 1 is 1.24 bits per heavy atom. The van der Waals surface area contributed by atoms with Crippen molar-refractivity contribution in [2.24, 2.45) is 5.41 Å². The van der Waals surface area contributed by atoms with Crippen LogP contribution >= 0.6 is 11.6 Å². The molecule has 2 atom stereocenters. The molecule has 1 aromatic carbocycles. The van der Waals surface area contributed by atoms with Gasteiger partial charge in [0.25, 0.3) is 5.91 Å². The molecular formula is C29H44ClN3O5. The van der Waals surface area contributed by atoms with Gasteiger partial charge in [-0.15, -0.1) is 0 Å². The number of likely N-dealkylation sites (tertiary alicyclic amines) is 1. The highest BCUT2D eigenvalue weighted by Crippen LogP contribution is 2.45. The Balaban J connectivity index is 2.05. The molecular weight excluding hydrogens is 506 g/mol. The topological polar surface area (TPSA) is 90.4 Å². The quantitative estimate of drug-likeness (QED) is 0.414. The second-order valence-corrected chi connectivity index (χ2v) is 12.8. The van der Waals surface area contributed by atoms with Gasteiger partial charge in [-0.2, -0.15) is 0 Å². The van der Waals surface area contributed by atoms with Gasteiger partial charge in [-0.05, 0) is 76.5 Å². The van der Waals surface area contributed by atoms with Crippen LogP contribution in [0.1, 0.15) is 90.1 Å². The van der Waals surface area contributed by atoms with E-state index in [2.05, 4.69) is 0 Å². The molecule has 3 amide bonds. The number of nitrogens with zero attached hydrogens (tertiary/aromatic N) is 3. The van der Waals surface area contributed by atoms with E-state index >= 15 is 0 Å². The first-order valence-electron chi connectivity index (χ1n) is 13.6. The lowest BCUT2D eigenvalue weighted by Gasteiger charge is -2.51. The summed E-state index contributed by atoms with van der Waals surface area (Å²) < 4.78 is 5.16. The minimum Gasteiger partial charge on any atom is -0.465 e. The van der Waals surface area contributed by atoms with Crippen molar-refractivity contribution in [3.63, 3.8) is 0 Å². The monoisotopic (exact) mass is 549 g/mol. The molecule has 1 aromatic rings. The minimum absolute atomic E-state index is 0.0107. The number of hydrogen-bond donors (Lipinski definition) is 1. The largest absolute Gasteiger partial charge is 0.465 e. The number of carboxylic acid groups (broad SMARTS) is 1. The van der Waals surface area contributed by atoms with Gasteiger partial charge in [-0.3, -0.25) is 9.59 Å². The summed E-state index contributed by atoms with van der Waals surface area (Å²) in [6.07, 6.45) is 2.02. The van der Waals surface area contributed by atoms with Gasteiger partial charge < -0.3 is 24.5 Å². The van der Waals surface area contributed by atoms with Crippen molar-refractivity contribution in [1.29, 1.82) is 0 Å². The van der Waals surface area contributed by atoms with E-state index in [1.807, 2.05) is 53.4 Å². The fraction of sp³-hybridized carbons (Fsp3) is 0.690. The number of unbranched alkanes of at least 4 members (excludes halogenated alkanes) is 1. The zero-order valence-corrected chi connectivity index (χ0v) is 24.9. The smallest absolute Gasteiger partial charge is 0.407 e. The van der Waals surface area contributed by atoms with Gasteiger partial charge in [-0.1, -0.05) is 32.4 Å². The summed E-state index contributed by atoms with van der Waals surface area (Å²) in [5.74, 6) is -0.251. The highest BCUT2D eigenvalue weighted by Gasteiger charge is 2.48. The fourth-order valence-electron chi connectivity index (χ4n) is 6.18. The van der Waals surface area contributed by atoms with Crippen molar-refractivity contribution < 1.29 is 24.2 Å². The molecule has 9 heteroatoms. The Morgan fingerprint density at radius 2 is 1.89 bits per heavy atom. The van der Waals surface area contributed by atoms with Crippen LogP contribution in [0.2, 0.25) is 5.02 Å². The number of fused-ring (bicyclic) bond motifs is 1. The van der Waals surface area contributed by atoms with Crippen molar-refractivity contribution in [3.05, 3.63) is 28.3 Å². The number of carbonyl (C=O) groups is 3. The number of halogens is 1. The SMILES string of the molecule is COCCCCN1C(=O)C(C)(C)c2cc(Cl)c(C(=O)N(C(C)C)[C@@H]3CCCN(C(=O)O)C3C(C)(C)C)cc21. The first-order valence-corrected chi connectivity index (χ1v) is 14.0. The molecule has 3 rings (SSSR count). The van der Waals surface area contributed by atoms with Crippen LogP contribution in [0.5, 0.6) is 0 Å². The molecule has 1 fully saturated rings. The summed E-state index contributed by atoms with van der Waals surface area (Å²) in [5.41, 5.74) is 0.744. The van der Waals surface area contributed by atoms with Crippen molar-refractivity contribution in [2.75, 3.05) is 31.7 Å². The second kappa shape index (κ2) is 11.4. The van der Waals surface area contributed by atoms with Crippen molar-refractivity contribution in [3.8, 4) is 0 Å². The average molecular weight is 550 g/mol. The van der Waals surface area contributed by atoms with Crippen LogP contribution in [0, 0.1) is 5.41 Å². The minimum atomic E-state index is -0.966. The van der Waals surface area contributed by atoms with Gasteiger partial charge in [-0.25, -0.2) is 4.79 Å². The lowest BCUT2D eigenvalue weighted by Crippen LogP contribution is -2.63. The van der Waals surface area contributed by atoms with Crippen molar-refractivity contribution in [2.45, 2.75) is 97.7 Å². The van der Waals surface area contributed by atoms with Gasteiger partial charge in [0.05, 0.1) is 28.1 Å². The van der Waals surface area contributed by atoms with E-state index in [9.17, 15) is 19.5 Å². The fourth-order valence-corrected chi connectivity index (χ4v) is 6.43. The normalized spacial score (nSPS) is 21.2. The highest BCUT2D eigenvalue weighted by molar-refractivity contribution is 6.34. The van der Waals surface area contributed by atoms with E-state index in [1.54, 1.807) is 24.1 Å². The number of hydrogen-bond acceptors (Lipinski definition) is 4. The molecule has 0 bridgehead atoms. The van der Waals surface area contributed by atoms with Crippen LogP contribution < -0.4 is 4.90 Å². The summed E-state index contributed by atoms with van der Waals surface area (Å²) >= 11 is 6.77. The standard InChI is InChI=1S/C29H44ClN3O5/c1-18(2)33(22-12-11-14-32(27(36)37)24(22)28(3,4)5)25(34)19-16-23-20(17-21(19)30)29(6,7)26(35)31(23)13-9-10-15-38-8/h16-18,22,24H,9-15H2,1-8H3,(H,36,37)/t22-,24?/m1/s1. The predicted molar refractivity (Wildman–Crippen MR) is 150 cm³/mol. The zero-order chi connectivity index (χ0) is 28.6. The zero-order valence-electron chi connectivity index (χ0n) is 24.1. The molecule has 212 valence electrons. The van der Waals surface area contributed by atoms with Gasteiger partial charge in [0.2, 0.25) is 5.91 Å². The summed E-state index contributed by atoms with van der Waals surface area (Å²) in [5, 5.41) is 10.3. The molecule has 1 saturated heterocycles. The molecule has 0 aliphatic carbocycles. The molecule has 0 radical (unpaired) electrons. The molecule has 8 nitrogen and oxygen atoms in total. The van der Waals surface area contributed by atoms with Crippen LogP contribution in [0.25, 0.3) is 0 Å². The highest BCUT2D eigenvalue weighted by atomic mass is 35.5. The second-order valence-electron chi connectivity index (χ2n) is 12.4. The number of piperidine rings is 1. The van der Waals surface area contributed by atoms with Gasteiger partial charge in [0.1, 0.15) is 0 Å². The Morgan fingerprint density at radius 3 is 2.45 bits per heavy atom. The number of benzene rings is 1. The maximum Gasteiger partial charge on any atom is 0.407 e. The predicted octanol–water partition coefficient (Wildman–Crippen LogP) is 5.80. The Bertz CT molecular complexity index is 1070. The molecule has 38 heavy (non-hydrogen) atoms. The molecule has 0 spiro atoms. The third-order valence-corrected chi connectivity index (χ3v) is 8.23. The number of anilines is 1. The van der Waals surface area contributed by atoms with E-state index in [0.29, 0.717) is 43.1 Å². The summed E-state index contributed by atoms with van der Waals surface area (Å²) in [4.78, 5) is 44.9. The van der Waals surface area contributed by atoms with Crippen LogP contribution in [0.4, 0.5) is 10.5 Å². The third-order valence-electron chi connectivity index (χ3n) is 7.92. The van der Waals surface area contributed by atoms with Crippen LogP contribution in [-0.2, 0) is 14.9 Å². The Kier molecular flexibility index (Phi) is 9.09. The number of carbonyl (C=O) groups excluding carboxylic acids is 2. The molecule has 0 saturated carbocycles. The van der Waals surface area contributed by atoms with Crippen LogP contribution in [-0.4, -0.2) is 77.7 Å². The molecule has 2 aliphatic rings. The van der Waals surface area contributed by atoms with E-state index in [4.69, 9.17) is 16.3 Å².